The Kier molecular flexibility index (Phi) is 7.11. The van der Waals surface area contributed by atoms with Crippen molar-refractivity contribution in [1.82, 2.24) is 0 Å². The van der Waals surface area contributed by atoms with E-state index in [4.69, 9.17) is 4.74 Å². The summed E-state index contributed by atoms with van der Waals surface area (Å²) in [5.41, 5.74) is 3.56. The first kappa shape index (κ1) is 20.6. The third-order valence-corrected chi connectivity index (χ3v) is 6.83. The molecule has 1 amide bonds. The van der Waals surface area contributed by atoms with Crippen LogP contribution < -0.4 is 10.1 Å². The first-order valence-corrected chi connectivity index (χ1v) is 11.7. The molecule has 0 aromatic heterocycles. The lowest BCUT2D eigenvalue weighted by Crippen LogP contribution is -2.14. The summed E-state index contributed by atoms with van der Waals surface area (Å²) in [7, 11) is 0. The zero-order valence-corrected chi connectivity index (χ0v) is 18.0. The summed E-state index contributed by atoms with van der Waals surface area (Å²) in [5, 5.41) is 2.99. The number of benzene rings is 3. The maximum Gasteiger partial charge on any atom is 0.255 e. The minimum atomic E-state index is -0.106. The van der Waals surface area contributed by atoms with Crippen LogP contribution in [-0.4, -0.2) is 22.6 Å². The second-order valence-electron chi connectivity index (χ2n) is 6.69. The van der Waals surface area contributed by atoms with Gasteiger partial charge in [0.15, 0.2) is 0 Å². The number of carbonyl (C=O) groups is 1. The van der Waals surface area contributed by atoms with Crippen molar-refractivity contribution in [2.75, 3.05) is 17.6 Å². The lowest BCUT2D eigenvalue weighted by atomic mass is 10.1. The molecule has 4 rings (SSSR count). The number of carbonyl (C=O) groups excluding carboxylic acids is 1. The molecule has 0 saturated heterocycles. The predicted molar refractivity (Wildman–Crippen MR) is 128 cm³/mol. The number of nitrogens with one attached hydrogen (secondary N) is 1. The van der Waals surface area contributed by atoms with Gasteiger partial charge in [0.25, 0.3) is 5.91 Å². The van der Waals surface area contributed by atoms with Crippen molar-refractivity contribution in [2.24, 2.45) is 4.99 Å². The molecule has 4 nitrogen and oxygen atoms in total. The topological polar surface area (TPSA) is 50.7 Å². The van der Waals surface area contributed by atoms with E-state index in [1.807, 2.05) is 78.9 Å². The summed E-state index contributed by atoms with van der Waals surface area (Å²) in [6, 6.07) is 25.2. The summed E-state index contributed by atoms with van der Waals surface area (Å²) in [6.07, 6.45) is 0. The zero-order chi connectivity index (χ0) is 20.6. The van der Waals surface area contributed by atoms with E-state index in [0.717, 1.165) is 45.0 Å². The minimum Gasteiger partial charge on any atom is -0.489 e. The number of thioether (sulfide) groups is 2. The Morgan fingerprint density at radius 1 is 1.00 bits per heavy atom. The highest BCUT2D eigenvalue weighted by Crippen LogP contribution is 2.27. The van der Waals surface area contributed by atoms with Crippen LogP contribution >= 0.6 is 23.5 Å². The van der Waals surface area contributed by atoms with Crippen LogP contribution in [-0.2, 0) is 12.4 Å². The van der Waals surface area contributed by atoms with Crippen molar-refractivity contribution >= 4 is 39.5 Å². The Balaban J connectivity index is 1.35. The average molecular weight is 435 g/mol. The molecule has 0 atom stereocenters. The maximum atomic E-state index is 12.8. The average Bonchev–Trinajstić information content (AvgIpc) is 3.32. The van der Waals surface area contributed by atoms with E-state index in [2.05, 4.69) is 10.3 Å². The molecule has 0 bridgehead atoms. The van der Waals surface area contributed by atoms with Gasteiger partial charge in [-0.1, -0.05) is 72.1 Å². The van der Waals surface area contributed by atoms with Crippen LogP contribution in [0.15, 0.2) is 83.9 Å². The molecule has 30 heavy (non-hydrogen) atoms. The van der Waals surface area contributed by atoms with Gasteiger partial charge < -0.3 is 10.1 Å². The van der Waals surface area contributed by atoms with Gasteiger partial charge in [-0.3, -0.25) is 9.79 Å². The number of rotatable bonds is 7. The molecular weight excluding hydrogens is 412 g/mol. The van der Waals surface area contributed by atoms with Crippen LogP contribution in [0.5, 0.6) is 5.75 Å². The molecule has 1 aliphatic rings. The van der Waals surface area contributed by atoms with E-state index in [1.54, 1.807) is 23.5 Å². The largest absolute Gasteiger partial charge is 0.489 e. The molecule has 6 heteroatoms. The normalized spacial score (nSPS) is 13.0. The van der Waals surface area contributed by atoms with Crippen LogP contribution in [0.3, 0.4) is 0 Å². The Hall–Kier alpha value is -2.70. The molecule has 0 saturated carbocycles. The van der Waals surface area contributed by atoms with E-state index in [9.17, 15) is 4.79 Å². The molecule has 1 aliphatic heterocycles. The highest BCUT2D eigenvalue weighted by molar-refractivity contribution is 8.38. The number of anilines is 1. The molecule has 0 fully saturated rings. The Morgan fingerprint density at radius 3 is 2.53 bits per heavy atom. The number of hydrogen-bond acceptors (Lipinski definition) is 5. The van der Waals surface area contributed by atoms with Gasteiger partial charge in [0.05, 0.1) is 6.54 Å². The second-order valence-corrected chi connectivity index (χ2v) is 9.00. The first-order valence-electron chi connectivity index (χ1n) is 9.74. The summed E-state index contributed by atoms with van der Waals surface area (Å²) in [6.45, 7) is 1.40. The van der Waals surface area contributed by atoms with Crippen LogP contribution in [0.4, 0.5) is 5.69 Å². The number of aliphatic imine (C=N–C) groups is 1. The maximum absolute atomic E-state index is 12.8. The van der Waals surface area contributed by atoms with Gasteiger partial charge in [0.1, 0.15) is 16.7 Å². The fraction of sp³-hybridized carbons (Fsp3) is 0.167. The third kappa shape index (κ3) is 5.68. The van der Waals surface area contributed by atoms with Gasteiger partial charge >= 0.3 is 0 Å². The van der Waals surface area contributed by atoms with Gasteiger partial charge in [0.2, 0.25) is 0 Å². The second kappa shape index (κ2) is 10.4. The van der Waals surface area contributed by atoms with Gasteiger partial charge in [-0.2, -0.15) is 0 Å². The summed E-state index contributed by atoms with van der Waals surface area (Å²) in [5.74, 6) is 2.45. The van der Waals surface area contributed by atoms with Crippen molar-refractivity contribution in [3.05, 3.63) is 95.6 Å². The SMILES string of the molecule is O=C(Nc1ccc(OCc2ccccc2)cc1)c1ccccc1CSC1=NCCS1. The molecule has 152 valence electrons. The minimum absolute atomic E-state index is 0.106. The van der Waals surface area contributed by atoms with Gasteiger partial charge in [-0.15, -0.1) is 0 Å². The van der Waals surface area contributed by atoms with E-state index >= 15 is 0 Å². The fourth-order valence-corrected chi connectivity index (χ4v) is 5.00. The highest BCUT2D eigenvalue weighted by Gasteiger charge is 2.14. The smallest absolute Gasteiger partial charge is 0.255 e. The molecule has 1 heterocycles. The van der Waals surface area contributed by atoms with Crippen molar-refractivity contribution < 1.29 is 9.53 Å². The number of ether oxygens (including phenoxy) is 1. The lowest BCUT2D eigenvalue weighted by Gasteiger charge is -2.11. The number of hydrogen-bond donors (Lipinski definition) is 1. The summed E-state index contributed by atoms with van der Waals surface area (Å²) < 4.78 is 6.92. The van der Waals surface area contributed by atoms with Crippen LogP contribution in [0, 0.1) is 0 Å². The molecule has 3 aromatic rings. The fourth-order valence-electron chi connectivity index (χ4n) is 2.98. The number of nitrogens with zero attached hydrogens (tertiary/aromatic N) is 1. The van der Waals surface area contributed by atoms with E-state index in [-0.39, 0.29) is 5.91 Å². The Bertz CT molecular complexity index is 1020. The molecular formula is C24H22N2O2S2. The Labute approximate surface area is 185 Å². The van der Waals surface area contributed by atoms with Crippen molar-refractivity contribution in [3.63, 3.8) is 0 Å². The zero-order valence-electron chi connectivity index (χ0n) is 16.4. The van der Waals surface area contributed by atoms with Gasteiger partial charge in [-0.25, -0.2) is 0 Å². The number of amides is 1. The third-order valence-electron chi connectivity index (χ3n) is 4.53. The first-order chi connectivity index (χ1) is 14.8. The van der Waals surface area contributed by atoms with E-state index in [0.29, 0.717) is 12.2 Å². The molecule has 1 N–H and O–H groups in total. The molecule has 3 aromatic carbocycles. The predicted octanol–water partition coefficient (Wildman–Crippen LogP) is 5.85. The highest BCUT2D eigenvalue weighted by atomic mass is 32.2. The molecule has 0 unspecified atom stereocenters. The van der Waals surface area contributed by atoms with Gasteiger partial charge in [0, 0.05) is 22.8 Å². The lowest BCUT2D eigenvalue weighted by molar-refractivity contribution is 0.102. The van der Waals surface area contributed by atoms with Crippen LogP contribution in [0.2, 0.25) is 0 Å². The standard InChI is InChI=1S/C24H22N2O2S2/c27-23(22-9-5-4-8-19(22)17-30-24-25-14-15-29-24)26-20-10-12-21(13-11-20)28-16-18-6-2-1-3-7-18/h1-13H,14-17H2,(H,26,27). The molecule has 0 aliphatic carbocycles. The van der Waals surface area contributed by atoms with E-state index in [1.165, 1.54) is 0 Å². The van der Waals surface area contributed by atoms with Crippen molar-refractivity contribution in [1.29, 1.82) is 0 Å². The summed E-state index contributed by atoms with van der Waals surface area (Å²) in [4.78, 5) is 17.3. The van der Waals surface area contributed by atoms with E-state index < -0.39 is 0 Å². The quantitative estimate of drug-likeness (QED) is 0.506. The van der Waals surface area contributed by atoms with Crippen LogP contribution in [0.1, 0.15) is 21.5 Å². The van der Waals surface area contributed by atoms with Crippen LogP contribution in [0.25, 0.3) is 0 Å². The molecule has 0 spiro atoms. The Morgan fingerprint density at radius 2 is 1.77 bits per heavy atom. The monoisotopic (exact) mass is 434 g/mol. The summed E-state index contributed by atoms with van der Waals surface area (Å²) >= 11 is 3.48. The van der Waals surface area contributed by atoms with Gasteiger partial charge in [-0.05, 0) is 41.5 Å². The van der Waals surface area contributed by atoms with Crippen molar-refractivity contribution in [3.8, 4) is 5.75 Å². The molecule has 0 radical (unpaired) electrons. The van der Waals surface area contributed by atoms with Crippen molar-refractivity contribution in [2.45, 2.75) is 12.4 Å².